The van der Waals surface area contributed by atoms with Gasteiger partial charge in [0.2, 0.25) is 0 Å². The topological polar surface area (TPSA) is 36.4 Å². The van der Waals surface area contributed by atoms with E-state index in [-0.39, 0.29) is 16.6 Å². The molecule has 20 heavy (non-hydrogen) atoms. The fourth-order valence-corrected chi connectivity index (χ4v) is 2.73. The summed E-state index contributed by atoms with van der Waals surface area (Å²) in [5.74, 6) is 0.0947. The van der Waals surface area contributed by atoms with E-state index in [1.165, 1.54) is 12.8 Å². The number of pyridine rings is 1. The Morgan fingerprint density at radius 2 is 2.05 bits per heavy atom. The van der Waals surface area contributed by atoms with Gasteiger partial charge in [-0.3, -0.25) is 9.69 Å². The maximum absolute atomic E-state index is 13.2. The molecular weight excluding hydrogens is 281 g/mol. The molecule has 2 heterocycles. The van der Waals surface area contributed by atoms with E-state index < -0.39 is 5.82 Å². The Balaban J connectivity index is 1.61. The number of halogens is 2. The van der Waals surface area contributed by atoms with Crippen molar-refractivity contribution in [3.63, 3.8) is 0 Å². The number of piperazine rings is 1. The first-order valence-corrected chi connectivity index (χ1v) is 7.34. The van der Waals surface area contributed by atoms with Gasteiger partial charge in [-0.1, -0.05) is 11.6 Å². The second-order valence-electron chi connectivity index (χ2n) is 5.53. The molecular formula is C14H17ClFN3O. The number of hydrogen-bond donors (Lipinski definition) is 0. The lowest BCUT2D eigenvalue weighted by Crippen LogP contribution is -2.49. The molecule has 1 amide bonds. The molecule has 0 atom stereocenters. The van der Waals surface area contributed by atoms with E-state index in [1.54, 1.807) is 4.90 Å². The highest BCUT2D eigenvalue weighted by Crippen LogP contribution is 2.30. The molecule has 3 rings (SSSR count). The van der Waals surface area contributed by atoms with Crippen LogP contribution in [0.2, 0.25) is 5.15 Å². The number of nitrogens with zero attached hydrogens (tertiary/aromatic N) is 3. The summed E-state index contributed by atoms with van der Waals surface area (Å²) in [5.41, 5.74) is 0.155. The Hall–Kier alpha value is -1.20. The summed E-state index contributed by atoms with van der Waals surface area (Å²) in [6.45, 7) is 4.23. The lowest BCUT2D eigenvalue weighted by molar-refractivity contribution is 0.0631. The van der Waals surface area contributed by atoms with Crippen LogP contribution in [0, 0.1) is 11.7 Å². The molecule has 0 unspecified atom stereocenters. The molecule has 1 aromatic heterocycles. The lowest BCUT2D eigenvalue weighted by atomic mass is 10.2. The molecule has 1 aliphatic heterocycles. The summed E-state index contributed by atoms with van der Waals surface area (Å²) < 4.78 is 13.2. The van der Waals surface area contributed by atoms with Crippen LogP contribution in [0.15, 0.2) is 12.3 Å². The third kappa shape index (κ3) is 3.10. The van der Waals surface area contributed by atoms with Crippen LogP contribution in [-0.2, 0) is 0 Å². The van der Waals surface area contributed by atoms with Gasteiger partial charge in [0.05, 0.1) is 11.8 Å². The molecule has 0 spiro atoms. The molecule has 108 valence electrons. The van der Waals surface area contributed by atoms with Crippen molar-refractivity contribution in [2.75, 3.05) is 32.7 Å². The van der Waals surface area contributed by atoms with Crippen LogP contribution >= 0.6 is 11.6 Å². The highest BCUT2D eigenvalue weighted by molar-refractivity contribution is 6.32. The fourth-order valence-electron chi connectivity index (χ4n) is 2.54. The van der Waals surface area contributed by atoms with Crippen LogP contribution < -0.4 is 0 Å². The third-order valence-corrected chi connectivity index (χ3v) is 4.21. The second kappa shape index (κ2) is 5.66. The number of amides is 1. The molecule has 1 aliphatic carbocycles. The molecule has 1 aromatic rings. The molecule has 1 saturated carbocycles. The van der Waals surface area contributed by atoms with E-state index in [9.17, 15) is 9.18 Å². The van der Waals surface area contributed by atoms with Gasteiger partial charge in [0.25, 0.3) is 5.91 Å². The number of carbonyl (C=O) groups excluding carboxylic acids is 1. The Labute approximate surface area is 122 Å². The van der Waals surface area contributed by atoms with E-state index in [2.05, 4.69) is 9.88 Å². The Morgan fingerprint density at radius 1 is 1.35 bits per heavy atom. The SMILES string of the molecule is O=C(c1cc(F)cnc1Cl)N1CCN(CC2CC2)CC1. The van der Waals surface area contributed by atoms with Crippen molar-refractivity contribution in [3.8, 4) is 0 Å². The van der Waals surface area contributed by atoms with E-state index in [4.69, 9.17) is 11.6 Å². The van der Waals surface area contributed by atoms with Crippen LogP contribution in [0.5, 0.6) is 0 Å². The average molecular weight is 298 g/mol. The van der Waals surface area contributed by atoms with Gasteiger partial charge in [-0.05, 0) is 24.8 Å². The second-order valence-corrected chi connectivity index (χ2v) is 5.89. The zero-order valence-electron chi connectivity index (χ0n) is 11.2. The minimum absolute atomic E-state index is 0.0665. The smallest absolute Gasteiger partial charge is 0.257 e. The van der Waals surface area contributed by atoms with Gasteiger partial charge in [0.15, 0.2) is 0 Å². The van der Waals surface area contributed by atoms with Gasteiger partial charge in [-0.15, -0.1) is 0 Å². The zero-order chi connectivity index (χ0) is 14.1. The summed E-state index contributed by atoms with van der Waals surface area (Å²) in [4.78, 5) is 20.1. The standard InChI is InChI=1S/C14H17ClFN3O/c15-13-12(7-11(16)8-17-13)14(20)19-5-3-18(4-6-19)9-10-1-2-10/h7-8,10H,1-6,9H2. The van der Waals surface area contributed by atoms with Gasteiger partial charge in [0, 0.05) is 32.7 Å². The number of carbonyl (C=O) groups is 1. The largest absolute Gasteiger partial charge is 0.336 e. The molecule has 2 fully saturated rings. The predicted molar refractivity (Wildman–Crippen MR) is 74.3 cm³/mol. The summed E-state index contributed by atoms with van der Waals surface area (Å²) in [6.07, 6.45) is 3.69. The van der Waals surface area contributed by atoms with Crippen molar-refractivity contribution in [1.82, 2.24) is 14.8 Å². The molecule has 2 aliphatic rings. The summed E-state index contributed by atoms with van der Waals surface area (Å²) in [7, 11) is 0. The van der Waals surface area contributed by atoms with Crippen molar-refractivity contribution < 1.29 is 9.18 Å². The third-order valence-electron chi connectivity index (χ3n) is 3.91. The molecule has 6 heteroatoms. The van der Waals surface area contributed by atoms with Crippen LogP contribution in [0.3, 0.4) is 0 Å². The van der Waals surface area contributed by atoms with Crippen LogP contribution in [0.25, 0.3) is 0 Å². The van der Waals surface area contributed by atoms with Crippen LogP contribution in [0.4, 0.5) is 4.39 Å². The molecule has 0 aromatic carbocycles. The summed E-state index contributed by atoms with van der Waals surface area (Å²) >= 11 is 5.88. The minimum Gasteiger partial charge on any atom is -0.336 e. The normalized spacial score (nSPS) is 20.2. The van der Waals surface area contributed by atoms with E-state index in [0.29, 0.717) is 13.1 Å². The Morgan fingerprint density at radius 3 is 2.70 bits per heavy atom. The first kappa shape index (κ1) is 13.8. The van der Waals surface area contributed by atoms with Crippen molar-refractivity contribution in [2.45, 2.75) is 12.8 Å². The monoisotopic (exact) mass is 297 g/mol. The lowest BCUT2D eigenvalue weighted by Gasteiger charge is -2.34. The van der Waals surface area contributed by atoms with Crippen molar-refractivity contribution in [3.05, 3.63) is 28.8 Å². The highest BCUT2D eigenvalue weighted by Gasteiger charge is 2.28. The number of aromatic nitrogens is 1. The predicted octanol–water partition coefficient (Wildman–Crippen LogP) is 2.04. The van der Waals surface area contributed by atoms with E-state index >= 15 is 0 Å². The highest BCUT2D eigenvalue weighted by atomic mass is 35.5. The van der Waals surface area contributed by atoms with Crippen molar-refractivity contribution >= 4 is 17.5 Å². The van der Waals surface area contributed by atoms with Gasteiger partial charge >= 0.3 is 0 Å². The van der Waals surface area contributed by atoms with Crippen molar-refractivity contribution in [1.29, 1.82) is 0 Å². The quantitative estimate of drug-likeness (QED) is 0.801. The van der Waals surface area contributed by atoms with Gasteiger partial charge in [-0.25, -0.2) is 9.37 Å². The summed E-state index contributed by atoms with van der Waals surface area (Å²) in [5, 5.41) is 0.0665. The van der Waals surface area contributed by atoms with Crippen LogP contribution in [0.1, 0.15) is 23.2 Å². The molecule has 4 nitrogen and oxygen atoms in total. The van der Waals surface area contributed by atoms with Gasteiger partial charge in [-0.2, -0.15) is 0 Å². The van der Waals surface area contributed by atoms with Crippen LogP contribution in [-0.4, -0.2) is 53.4 Å². The molecule has 0 bridgehead atoms. The molecule has 0 radical (unpaired) electrons. The molecule has 0 N–H and O–H groups in total. The fraction of sp³-hybridized carbons (Fsp3) is 0.571. The summed E-state index contributed by atoms with van der Waals surface area (Å²) in [6, 6.07) is 1.16. The minimum atomic E-state index is -0.537. The zero-order valence-corrected chi connectivity index (χ0v) is 11.9. The maximum atomic E-state index is 13.2. The number of rotatable bonds is 3. The van der Waals surface area contributed by atoms with Gasteiger partial charge in [0.1, 0.15) is 11.0 Å². The number of hydrogen-bond acceptors (Lipinski definition) is 3. The first-order valence-electron chi connectivity index (χ1n) is 6.96. The van der Waals surface area contributed by atoms with E-state index in [1.807, 2.05) is 0 Å². The van der Waals surface area contributed by atoms with Gasteiger partial charge < -0.3 is 4.90 Å². The Kier molecular flexibility index (Phi) is 3.89. The first-order chi connectivity index (χ1) is 9.63. The maximum Gasteiger partial charge on any atom is 0.257 e. The average Bonchev–Trinajstić information content (AvgIpc) is 3.26. The van der Waals surface area contributed by atoms with E-state index in [0.717, 1.165) is 37.8 Å². The Bertz CT molecular complexity index is 513. The van der Waals surface area contributed by atoms with Crippen molar-refractivity contribution in [2.24, 2.45) is 5.92 Å². The molecule has 1 saturated heterocycles.